The van der Waals surface area contributed by atoms with Gasteiger partial charge in [-0.3, -0.25) is 0 Å². The number of benzene rings is 1. The number of hydrogen-bond acceptors (Lipinski definition) is 2. The van der Waals surface area contributed by atoms with Gasteiger partial charge in [0.15, 0.2) is 0 Å². The average molecular weight is 200 g/mol. The van der Waals surface area contributed by atoms with E-state index >= 15 is 0 Å². The minimum absolute atomic E-state index is 0.409. The Balaban J connectivity index is 3.01. The lowest BCUT2D eigenvalue weighted by molar-refractivity contribution is 0.164. The van der Waals surface area contributed by atoms with Crippen LogP contribution in [0.2, 0.25) is 5.02 Å². The predicted octanol–water partition coefficient (Wildman–Crippen LogP) is 2.03. The topological polar surface area (TPSA) is 46.2 Å². The van der Waals surface area contributed by atoms with Crippen molar-refractivity contribution in [1.29, 1.82) is 0 Å². The molecule has 0 saturated carbocycles. The Bertz CT molecular complexity index is 299. The third-order valence-corrected chi connectivity index (χ3v) is 2.36. The second kappa shape index (κ2) is 4.09. The van der Waals surface area contributed by atoms with Crippen molar-refractivity contribution in [3.8, 4) is 0 Å². The molecule has 0 heterocycles. The van der Waals surface area contributed by atoms with E-state index in [0.717, 1.165) is 11.1 Å². The van der Waals surface area contributed by atoms with Crippen LogP contribution in [0.5, 0.6) is 0 Å². The second-order valence-corrected chi connectivity index (χ2v) is 3.70. The van der Waals surface area contributed by atoms with Crippen molar-refractivity contribution in [2.75, 3.05) is 0 Å². The van der Waals surface area contributed by atoms with Crippen LogP contribution in [0, 0.1) is 6.92 Å². The monoisotopic (exact) mass is 199 g/mol. The Hall–Kier alpha value is -0.570. The van der Waals surface area contributed by atoms with E-state index in [1.807, 2.05) is 25.1 Å². The highest BCUT2D eigenvalue weighted by Crippen LogP contribution is 2.24. The fourth-order valence-corrected chi connectivity index (χ4v) is 1.52. The van der Waals surface area contributed by atoms with Crippen LogP contribution in [-0.4, -0.2) is 11.2 Å². The molecular weight excluding hydrogens is 186 g/mol. The lowest BCUT2D eigenvalue weighted by atomic mass is 10.0. The molecule has 0 aliphatic heterocycles. The summed E-state index contributed by atoms with van der Waals surface area (Å²) in [6.07, 6.45) is -0.583. The smallest absolute Gasteiger partial charge is 0.0705 e. The van der Waals surface area contributed by atoms with Crippen LogP contribution in [0.15, 0.2) is 18.2 Å². The van der Waals surface area contributed by atoms with Gasteiger partial charge in [-0.2, -0.15) is 0 Å². The minimum atomic E-state index is -0.583. The molecule has 0 aliphatic rings. The molecule has 0 radical (unpaired) electrons. The van der Waals surface area contributed by atoms with Crippen molar-refractivity contribution in [2.45, 2.75) is 26.0 Å². The van der Waals surface area contributed by atoms with Gasteiger partial charge in [-0.05, 0) is 31.0 Å². The van der Waals surface area contributed by atoms with Crippen LogP contribution in [0.4, 0.5) is 0 Å². The molecular formula is C10H14ClNO. The maximum atomic E-state index is 9.28. The zero-order chi connectivity index (χ0) is 10.0. The van der Waals surface area contributed by atoms with E-state index in [2.05, 4.69) is 0 Å². The number of aliphatic hydroxyl groups is 1. The SMILES string of the molecule is Cc1ccc([C@H](N)[C@@H](C)O)c(Cl)c1. The Labute approximate surface area is 83.3 Å². The molecule has 1 aromatic rings. The fourth-order valence-electron chi connectivity index (χ4n) is 1.16. The number of hydrogen-bond donors (Lipinski definition) is 2. The van der Waals surface area contributed by atoms with E-state index in [1.165, 1.54) is 0 Å². The maximum Gasteiger partial charge on any atom is 0.0705 e. The van der Waals surface area contributed by atoms with Crippen molar-refractivity contribution in [3.63, 3.8) is 0 Å². The molecule has 1 aromatic carbocycles. The Morgan fingerprint density at radius 3 is 2.54 bits per heavy atom. The molecule has 1 rings (SSSR count). The molecule has 2 nitrogen and oxygen atoms in total. The first-order valence-electron chi connectivity index (χ1n) is 4.22. The van der Waals surface area contributed by atoms with E-state index in [-0.39, 0.29) is 0 Å². The zero-order valence-corrected chi connectivity index (χ0v) is 8.55. The van der Waals surface area contributed by atoms with Crippen molar-refractivity contribution in [1.82, 2.24) is 0 Å². The largest absolute Gasteiger partial charge is 0.391 e. The second-order valence-electron chi connectivity index (χ2n) is 3.29. The summed E-state index contributed by atoms with van der Waals surface area (Å²) in [5, 5.41) is 9.90. The van der Waals surface area contributed by atoms with Crippen LogP contribution in [0.1, 0.15) is 24.1 Å². The first kappa shape index (κ1) is 10.5. The van der Waals surface area contributed by atoms with Crippen LogP contribution < -0.4 is 5.73 Å². The molecule has 13 heavy (non-hydrogen) atoms. The molecule has 0 unspecified atom stereocenters. The summed E-state index contributed by atoms with van der Waals surface area (Å²) in [6.45, 7) is 3.62. The van der Waals surface area contributed by atoms with E-state index in [4.69, 9.17) is 17.3 Å². The van der Waals surface area contributed by atoms with E-state index in [1.54, 1.807) is 6.92 Å². The number of nitrogens with two attached hydrogens (primary N) is 1. The maximum absolute atomic E-state index is 9.28. The molecule has 0 aliphatic carbocycles. The van der Waals surface area contributed by atoms with E-state index in [9.17, 15) is 5.11 Å². The highest BCUT2D eigenvalue weighted by Gasteiger charge is 2.14. The molecule has 0 spiro atoms. The third-order valence-electron chi connectivity index (χ3n) is 2.03. The van der Waals surface area contributed by atoms with Gasteiger partial charge in [0.05, 0.1) is 12.1 Å². The number of halogens is 1. The van der Waals surface area contributed by atoms with Crippen molar-refractivity contribution in [3.05, 3.63) is 34.3 Å². The van der Waals surface area contributed by atoms with Gasteiger partial charge in [-0.25, -0.2) is 0 Å². The zero-order valence-electron chi connectivity index (χ0n) is 7.79. The molecule has 72 valence electrons. The summed E-state index contributed by atoms with van der Waals surface area (Å²) in [6, 6.07) is 5.23. The molecule has 0 saturated heterocycles. The normalized spacial score (nSPS) is 15.5. The first-order chi connectivity index (χ1) is 6.02. The predicted molar refractivity (Wildman–Crippen MR) is 54.8 cm³/mol. The number of aryl methyl sites for hydroxylation is 1. The molecule has 0 bridgehead atoms. The molecule has 0 aromatic heterocycles. The van der Waals surface area contributed by atoms with Gasteiger partial charge in [0.1, 0.15) is 0 Å². The van der Waals surface area contributed by atoms with Gasteiger partial charge in [0.2, 0.25) is 0 Å². The summed E-state index contributed by atoms with van der Waals surface area (Å²) >= 11 is 5.98. The first-order valence-corrected chi connectivity index (χ1v) is 4.60. The van der Waals surface area contributed by atoms with E-state index in [0.29, 0.717) is 5.02 Å². The summed E-state index contributed by atoms with van der Waals surface area (Å²) in [4.78, 5) is 0. The summed E-state index contributed by atoms with van der Waals surface area (Å²) < 4.78 is 0. The van der Waals surface area contributed by atoms with Crippen molar-refractivity contribution >= 4 is 11.6 Å². The molecule has 0 amide bonds. The minimum Gasteiger partial charge on any atom is -0.391 e. The van der Waals surface area contributed by atoms with Gasteiger partial charge >= 0.3 is 0 Å². The summed E-state index contributed by atoms with van der Waals surface area (Å²) in [5.41, 5.74) is 7.64. The highest BCUT2D eigenvalue weighted by molar-refractivity contribution is 6.31. The molecule has 3 heteroatoms. The Kier molecular flexibility index (Phi) is 3.31. The standard InChI is InChI=1S/C10H14ClNO/c1-6-3-4-8(9(11)5-6)10(12)7(2)13/h3-5,7,10,13H,12H2,1-2H3/t7-,10-/m1/s1. The average Bonchev–Trinajstić information content (AvgIpc) is 2.03. The van der Waals surface area contributed by atoms with Gasteiger partial charge in [-0.15, -0.1) is 0 Å². The molecule has 0 fully saturated rings. The van der Waals surface area contributed by atoms with E-state index < -0.39 is 12.1 Å². The van der Waals surface area contributed by atoms with Gasteiger partial charge in [0, 0.05) is 5.02 Å². The van der Waals surface area contributed by atoms with Crippen LogP contribution >= 0.6 is 11.6 Å². The third kappa shape index (κ3) is 2.44. The Morgan fingerprint density at radius 2 is 2.08 bits per heavy atom. The number of aliphatic hydroxyl groups excluding tert-OH is 1. The van der Waals surface area contributed by atoms with Crippen molar-refractivity contribution < 1.29 is 5.11 Å². The lowest BCUT2D eigenvalue weighted by Gasteiger charge is -2.16. The summed E-state index contributed by atoms with van der Waals surface area (Å²) in [7, 11) is 0. The quantitative estimate of drug-likeness (QED) is 0.766. The van der Waals surface area contributed by atoms with Crippen LogP contribution in [0.3, 0.4) is 0 Å². The highest BCUT2D eigenvalue weighted by atomic mass is 35.5. The Morgan fingerprint density at radius 1 is 1.46 bits per heavy atom. The lowest BCUT2D eigenvalue weighted by Crippen LogP contribution is -2.23. The molecule has 3 N–H and O–H groups in total. The van der Waals surface area contributed by atoms with Crippen LogP contribution in [0.25, 0.3) is 0 Å². The van der Waals surface area contributed by atoms with Crippen molar-refractivity contribution in [2.24, 2.45) is 5.73 Å². The van der Waals surface area contributed by atoms with Gasteiger partial charge < -0.3 is 10.8 Å². The molecule has 2 atom stereocenters. The number of rotatable bonds is 2. The fraction of sp³-hybridized carbons (Fsp3) is 0.400. The summed E-state index contributed by atoms with van der Waals surface area (Å²) in [5.74, 6) is 0. The van der Waals surface area contributed by atoms with Gasteiger partial charge in [-0.1, -0.05) is 23.7 Å². The van der Waals surface area contributed by atoms with Gasteiger partial charge in [0.25, 0.3) is 0 Å². The van der Waals surface area contributed by atoms with Crippen LogP contribution in [-0.2, 0) is 0 Å².